The third-order valence-corrected chi connectivity index (χ3v) is 4.95. The minimum Gasteiger partial charge on any atom is -0.491 e. The van der Waals surface area contributed by atoms with Gasteiger partial charge in [0.15, 0.2) is 0 Å². The van der Waals surface area contributed by atoms with Crippen LogP contribution in [-0.4, -0.2) is 131 Å². The number of rotatable bonds is 29. The fourth-order valence-electron chi connectivity index (χ4n) is 2.96. The van der Waals surface area contributed by atoms with Gasteiger partial charge < -0.3 is 52.7 Å². The fourth-order valence-corrected chi connectivity index (χ4v) is 2.96. The van der Waals surface area contributed by atoms with Crippen LogP contribution in [0.5, 0.6) is 5.75 Å². The standard InChI is InChI=1S/C28H47NO12/c1-25(30)29-26-3-5-27(6-4-26)41-24-23-40-22-21-39-20-19-38-18-17-37-16-15-36-14-13-35-12-11-34-10-9-33-8-7-28(31)32-2/h3-6H,7-24H2,1-2H3,(H,29,30). The Morgan fingerprint density at radius 1 is 0.537 bits per heavy atom. The lowest BCUT2D eigenvalue weighted by molar-refractivity contribution is -0.142. The van der Waals surface area contributed by atoms with Gasteiger partial charge in [-0.25, -0.2) is 0 Å². The highest BCUT2D eigenvalue weighted by molar-refractivity contribution is 5.88. The summed E-state index contributed by atoms with van der Waals surface area (Å²) in [5.41, 5.74) is 0.729. The van der Waals surface area contributed by atoms with E-state index in [-0.39, 0.29) is 18.3 Å². The Morgan fingerprint density at radius 3 is 1.22 bits per heavy atom. The van der Waals surface area contributed by atoms with Crippen LogP contribution in [0.3, 0.4) is 0 Å². The molecule has 0 heterocycles. The van der Waals surface area contributed by atoms with Crippen LogP contribution in [0.1, 0.15) is 13.3 Å². The number of hydrogen-bond donors (Lipinski definition) is 1. The Hall–Kier alpha value is -2.36. The number of anilines is 1. The molecule has 0 fully saturated rings. The van der Waals surface area contributed by atoms with Crippen molar-refractivity contribution < 1.29 is 57.0 Å². The van der Waals surface area contributed by atoms with E-state index in [0.717, 1.165) is 5.69 Å². The zero-order valence-electron chi connectivity index (χ0n) is 24.4. The Labute approximate surface area is 242 Å². The van der Waals surface area contributed by atoms with E-state index in [0.29, 0.717) is 118 Å². The van der Waals surface area contributed by atoms with Crippen molar-refractivity contribution in [1.82, 2.24) is 0 Å². The summed E-state index contributed by atoms with van der Waals surface area (Å²) in [6.07, 6.45) is 0.243. The van der Waals surface area contributed by atoms with Gasteiger partial charge in [-0.3, -0.25) is 9.59 Å². The normalized spacial score (nSPS) is 11.0. The van der Waals surface area contributed by atoms with Crippen LogP contribution in [0.15, 0.2) is 24.3 Å². The second-order valence-corrected chi connectivity index (χ2v) is 8.28. The van der Waals surface area contributed by atoms with Gasteiger partial charge in [0.1, 0.15) is 12.4 Å². The van der Waals surface area contributed by atoms with E-state index in [4.69, 9.17) is 42.6 Å². The lowest BCUT2D eigenvalue weighted by Crippen LogP contribution is -2.15. The highest BCUT2D eigenvalue weighted by Crippen LogP contribution is 2.15. The van der Waals surface area contributed by atoms with Gasteiger partial charge in [-0.05, 0) is 24.3 Å². The zero-order valence-corrected chi connectivity index (χ0v) is 24.4. The van der Waals surface area contributed by atoms with Crippen molar-refractivity contribution in [3.05, 3.63) is 24.3 Å². The van der Waals surface area contributed by atoms with Gasteiger partial charge in [0, 0.05) is 12.6 Å². The topological polar surface area (TPSA) is 138 Å². The molecule has 0 aliphatic rings. The summed E-state index contributed by atoms with van der Waals surface area (Å²) < 4.78 is 53.4. The molecule has 0 atom stereocenters. The summed E-state index contributed by atoms with van der Waals surface area (Å²) in [5.74, 6) is 0.315. The summed E-state index contributed by atoms with van der Waals surface area (Å²) in [7, 11) is 1.35. The number of ether oxygens (including phenoxy) is 10. The molecule has 0 spiro atoms. The zero-order chi connectivity index (χ0) is 29.6. The Bertz CT molecular complexity index is 750. The highest BCUT2D eigenvalue weighted by Gasteiger charge is 2.00. The van der Waals surface area contributed by atoms with Crippen LogP contribution in [0.4, 0.5) is 5.69 Å². The van der Waals surface area contributed by atoms with Crippen molar-refractivity contribution in [1.29, 1.82) is 0 Å². The smallest absolute Gasteiger partial charge is 0.307 e. The largest absolute Gasteiger partial charge is 0.491 e. The molecule has 13 nitrogen and oxygen atoms in total. The van der Waals surface area contributed by atoms with Crippen LogP contribution in [0.25, 0.3) is 0 Å². The average molecular weight is 590 g/mol. The number of hydrogen-bond acceptors (Lipinski definition) is 12. The van der Waals surface area contributed by atoms with Crippen LogP contribution in [-0.2, 0) is 52.2 Å². The van der Waals surface area contributed by atoms with Crippen molar-refractivity contribution >= 4 is 17.6 Å². The Balaban J connectivity index is 1.69. The third-order valence-electron chi connectivity index (χ3n) is 4.95. The van der Waals surface area contributed by atoms with Gasteiger partial charge >= 0.3 is 5.97 Å². The maximum atomic E-state index is 11.0. The molecular weight excluding hydrogens is 542 g/mol. The molecule has 0 aliphatic carbocycles. The lowest BCUT2D eigenvalue weighted by Gasteiger charge is -2.09. The van der Waals surface area contributed by atoms with Gasteiger partial charge in [-0.1, -0.05) is 0 Å². The summed E-state index contributed by atoms with van der Waals surface area (Å²) in [5, 5.41) is 2.70. The molecule has 1 aromatic carbocycles. The van der Waals surface area contributed by atoms with Crippen molar-refractivity contribution in [2.45, 2.75) is 13.3 Å². The van der Waals surface area contributed by atoms with Gasteiger partial charge in [0.2, 0.25) is 5.91 Å². The number of methoxy groups -OCH3 is 1. The summed E-state index contributed by atoms with van der Waals surface area (Å²) >= 11 is 0. The van der Waals surface area contributed by atoms with E-state index in [1.165, 1.54) is 14.0 Å². The molecule has 0 saturated carbocycles. The summed E-state index contributed by atoms with van der Waals surface area (Å²) in [6.45, 7) is 9.34. The molecule has 0 saturated heterocycles. The van der Waals surface area contributed by atoms with Gasteiger partial charge in [0.25, 0.3) is 0 Å². The lowest BCUT2D eigenvalue weighted by atomic mass is 10.3. The Kier molecular flexibility index (Phi) is 24.9. The second-order valence-electron chi connectivity index (χ2n) is 8.28. The fraction of sp³-hybridized carbons (Fsp3) is 0.714. The number of amides is 1. The van der Waals surface area contributed by atoms with Crippen LogP contribution in [0, 0.1) is 0 Å². The molecule has 0 radical (unpaired) electrons. The van der Waals surface area contributed by atoms with Gasteiger partial charge in [-0.2, -0.15) is 0 Å². The minimum atomic E-state index is -0.288. The molecule has 1 aromatic rings. The van der Waals surface area contributed by atoms with Crippen molar-refractivity contribution in [2.24, 2.45) is 0 Å². The van der Waals surface area contributed by atoms with E-state index < -0.39 is 0 Å². The summed E-state index contributed by atoms with van der Waals surface area (Å²) in [6, 6.07) is 7.16. The van der Waals surface area contributed by atoms with Crippen molar-refractivity contribution in [3.63, 3.8) is 0 Å². The molecule has 1 N–H and O–H groups in total. The van der Waals surface area contributed by atoms with Gasteiger partial charge in [-0.15, -0.1) is 0 Å². The SMILES string of the molecule is COC(=O)CCOCCOCCOCCOCCOCCOCCOCCOCCOc1ccc(NC(C)=O)cc1. The van der Waals surface area contributed by atoms with E-state index in [9.17, 15) is 9.59 Å². The molecule has 13 heteroatoms. The van der Waals surface area contributed by atoms with E-state index in [1.807, 2.05) is 0 Å². The quantitative estimate of drug-likeness (QED) is 0.108. The number of esters is 1. The maximum absolute atomic E-state index is 11.0. The first-order valence-corrected chi connectivity index (χ1v) is 13.8. The second kappa shape index (κ2) is 27.8. The van der Waals surface area contributed by atoms with E-state index >= 15 is 0 Å². The first-order chi connectivity index (χ1) is 20.1. The number of carbonyl (C=O) groups is 2. The monoisotopic (exact) mass is 589 g/mol. The Morgan fingerprint density at radius 2 is 0.878 bits per heavy atom. The van der Waals surface area contributed by atoms with E-state index in [2.05, 4.69) is 10.1 Å². The predicted octanol–water partition coefficient (Wildman–Crippen LogP) is 1.72. The van der Waals surface area contributed by atoms with Crippen LogP contribution < -0.4 is 10.1 Å². The van der Waals surface area contributed by atoms with Crippen LogP contribution >= 0.6 is 0 Å². The number of carbonyl (C=O) groups excluding carboxylic acids is 2. The minimum absolute atomic E-state index is 0.110. The third kappa shape index (κ3) is 25.1. The first kappa shape index (κ1) is 36.7. The number of benzene rings is 1. The molecule has 1 amide bonds. The van der Waals surface area contributed by atoms with Crippen molar-refractivity contribution in [3.8, 4) is 5.75 Å². The molecule has 1 rings (SSSR count). The maximum Gasteiger partial charge on any atom is 0.307 e. The van der Waals surface area contributed by atoms with Crippen molar-refractivity contribution in [2.75, 3.05) is 125 Å². The molecule has 0 aliphatic heterocycles. The first-order valence-electron chi connectivity index (χ1n) is 13.8. The molecule has 236 valence electrons. The summed E-state index contributed by atoms with van der Waals surface area (Å²) in [4.78, 5) is 21.9. The number of nitrogens with one attached hydrogen (secondary N) is 1. The molecular formula is C28H47NO12. The highest BCUT2D eigenvalue weighted by atomic mass is 16.6. The van der Waals surface area contributed by atoms with E-state index in [1.54, 1.807) is 24.3 Å². The molecule has 0 aromatic heterocycles. The molecule has 0 unspecified atom stereocenters. The van der Waals surface area contributed by atoms with Crippen LogP contribution in [0.2, 0.25) is 0 Å². The average Bonchev–Trinajstić information content (AvgIpc) is 2.97. The predicted molar refractivity (Wildman–Crippen MR) is 149 cm³/mol. The molecule has 0 bridgehead atoms. The van der Waals surface area contributed by atoms with Gasteiger partial charge in [0.05, 0.1) is 119 Å². The molecule has 41 heavy (non-hydrogen) atoms.